The monoisotopic (exact) mass is 467 g/mol. The predicted octanol–water partition coefficient (Wildman–Crippen LogP) is 5.11. The van der Waals surface area contributed by atoms with Crippen molar-refractivity contribution in [2.75, 3.05) is 5.32 Å². The third kappa shape index (κ3) is 5.20. The lowest BCUT2D eigenvalue weighted by Gasteiger charge is -2.17. The van der Waals surface area contributed by atoms with Crippen LogP contribution < -0.4 is 15.6 Å². The molecule has 6 nitrogen and oxygen atoms in total. The minimum atomic E-state index is -2.95. The Hall–Kier alpha value is -3.72. The average molecular weight is 467 g/mol. The molecule has 33 heavy (non-hydrogen) atoms. The largest absolute Gasteiger partial charge is 0.435 e. The molecule has 3 aromatic carbocycles. The molecule has 0 radical (unpaired) electrons. The van der Waals surface area contributed by atoms with Crippen molar-refractivity contribution in [1.82, 2.24) is 9.55 Å². The van der Waals surface area contributed by atoms with Gasteiger partial charge in [-0.3, -0.25) is 14.2 Å². The van der Waals surface area contributed by atoms with E-state index < -0.39 is 11.9 Å². The van der Waals surface area contributed by atoms with E-state index in [0.29, 0.717) is 27.4 Å². The van der Waals surface area contributed by atoms with Crippen molar-refractivity contribution in [2.45, 2.75) is 23.9 Å². The fourth-order valence-electron chi connectivity index (χ4n) is 3.17. The van der Waals surface area contributed by atoms with Crippen LogP contribution in [0.4, 0.5) is 14.5 Å². The zero-order valence-corrected chi connectivity index (χ0v) is 18.3. The van der Waals surface area contributed by atoms with E-state index in [9.17, 15) is 18.4 Å². The molecule has 1 aromatic heterocycles. The van der Waals surface area contributed by atoms with Crippen LogP contribution in [0.3, 0.4) is 0 Å². The Morgan fingerprint density at radius 2 is 1.67 bits per heavy atom. The number of nitrogens with one attached hydrogen (secondary N) is 1. The molecular weight excluding hydrogens is 448 g/mol. The lowest BCUT2D eigenvalue weighted by Crippen LogP contribution is -2.26. The van der Waals surface area contributed by atoms with Gasteiger partial charge < -0.3 is 10.1 Å². The van der Waals surface area contributed by atoms with Gasteiger partial charge in [0, 0.05) is 5.69 Å². The number of benzene rings is 3. The molecule has 0 aliphatic heterocycles. The Morgan fingerprint density at radius 1 is 1.00 bits per heavy atom. The number of nitrogens with zero attached hydrogens (tertiary/aromatic N) is 2. The molecule has 9 heteroatoms. The summed E-state index contributed by atoms with van der Waals surface area (Å²) in [5, 5.41) is 2.96. The van der Waals surface area contributed by atoms with Crippen LogP contribution in [0, 0.1) is 0 Å². The number of thioether (sulfide) groups is 1. The molecule has 1 heterocycles. The van der Waals surface area contributed by atoms with E-state index in [-0.39, 0.29) is 17.2 Å². The SMILES string of the molecule is C[C@@H](Sc1nc2ccccc2c(=O)n1-c1ccc(OC(F)F)cc1)C(=O)Nc1ccccc1. The molecule has 1 amide bonds. The van der Waals surface area contributed by atoms with Crippen LogP contribution in [-0.4, -0.2) is 27.3 Å². The molecule has 1 N–H and O–H groups in total. The molecule has 0 saturated heterocycles. The van der Waals surface area contributed by atoms with Gasteiger partial charge in [-0.2, -0.15) is 8.78 Å². The second kappa shape index (κ2) is 9.83. The van der Waals surface area contributed by atoms with E-state index in [4.69, 9.17) is 0 Å². The van der Waals surface area contributed by atoms with Gasteiger partial charge in [0.15, 0.2) is 5.16 Å². The highest BCUT2D eigenvalue weighted by Crippen LogP contribution is 2.27. The van der Waals surface area contributed by atoms with Gasteiger partial charge >= 0.3 is 6.61 Å². The highest BCUT2D eigenvalue weighted by atomic mass is 32.2. The molecule has 0 unspecified atom stereocenters. The molecule has 0 bridgehead atoms. The molecule has 1 atom stereocenters. The molecule has 0 aliphatic carbocycles. The first-order valence-corrected chi connectivity index (χ1v) is 10.9. The van der Waals surface area contributed by atoms with E-state index in [1.807, 2.05) is 18.2 Å². The van der Waals surface area contributed by atoms with Crippen molar-refractivity contribution in [3.05, 3.63) is 89.2 Å². The Labute approximate surface area is 192 Å². The van der Waals surface area contributed by atoms with Gasteiger partial charge in [0.05, 0.1) is 21.8 Å². The molecule has 0 saturated carbocycles. The smallest absolute Gasteiger partial charge is 0.387 e. The molecular formula is C24H19F2N3O3S. The van der Waals surface area contributed by atoms with Crippen LogP contribution in [-0.2, 0) is 4.79 Å². The fourth-order valence-corrected chi connectivity index (χ4v) is 4.10. The zero-order chi connectivity index (χ0) is 23.4. The van der Waals surface area contributed by atoms with E-state index in [0.717, 1.165) is 11.8 Å². The van der Waals surface area contributed by atoms with Crippen molar-refractivity contribution >= 4 is 34.3 Å². The van der Waals surface area contributed by atoms with Gasteiger partial charge in [0.1, 0.15) is 5.75 Å². The van der Waals surface area contributed by atoms with Crippen molar-refractivity contribution < 1.29 is 18.3 Å². The maximum Gasteiger partial charge on any atom is 0.387 e. The number of hydrogen-bond acceptors (Lipinski definition) is 5. The van der Waals surface area contributed by atoms with Crippen LogP contribution in [0.5, 0.6) is 5.75 Å². The van der Waals surface area contributed by atoms with Gasteiger partial charge in [-0.1, -0.05) is 42.1 Å². The molecule has 168 valence electrons. The quantitative estimate of drug-likeness (QED) is 0.302. The Balaban J connectivity index is 1.71. The molecule has 0 aliphatic rings. The summed E-state index contributed by atoms with van der Waals surface area (Å²) in [4.78, 5) is 30.6. The summed E-state index contributed by atoms with van der Waals surface area (Å²) in [6.07, 6.45) is 0. The highest BCUT2D eigenvalue weighted by Gasteiger charge is 2.20. The van der Waals surface area contributed by atoms with E-state index in [2.05, 4.69) is 15.0 Å². The van der Waals surface area contributed by atoms with E-state index in [1.54, 1.807) is 43.3 Å². The van der Waals surface area contributed by atoms with Crippen molar-refractivity contribution in [2.24, 2.45) is 0 Å². The highest BCUT2D eigenvalue weighted by molar-refractivity contribution is 8.00. The average Bonchev–Trinajstić information content (AvgIpc) is 2.80. The van der Waals surface area contributed by atoms with Crippen LogP contribution >= 0.6 is 11.8 Å². The normalized spacial score (nSPS) is 12.0. The number of rotatable bonds is 7. The van der Waals surface area contributed by atoms with Gasteiger partial charge in [0.2, 0.25) is 5.91 Å². The number of para-hydroxylation sites is 2. The standard InChI is InChI=1S/C24H19F2N3O3S/c1-15(21(30)27-16-7-3-2-4-8-16)33-24-28-20-10-6-5-9-19(20)22(31)29(24)17-11-13-18(14-12-17)32-23(25)26/h2-15,23H,1H3,(H,27,30)/t15-/m1/s1. The van der Waals surface area contributed by atoms with Crippen LogP contribution in [0.15, 0.2) is 88.8 Å². The van der Waals surface area contributed by atoms with Gasteiger partial charge in [0.25, 0.3) is 5.56 Å². The number of anilines is 1. The summed E-state index contributed by atoms with van der Waals surface area (Å²) >= 11 is 1.12. The van der Waals surface area contributed by atoms with Gasteiger partial charge in [-0.25, -0.2) is 4.98 Å². The number of ether oxygens (including phenoxy) is 1. The van der Waals surface area contributed by atoms with Crippen LogP contribution in [0.2, 0.25) is 0 Å². The summed E-state index contributed by atoms with van der Waals surface area (Å²) < 4.78 is 30.7. The lowest BCUT2D eigenvalue weighted by molar-refractivity contribution is -0.115. The topological polar surface area (TPSA) is 73.2 Å². The van der Waals surface area contributed by atoms with Gasteiger partial charge in [-0.15, -0.1) is 0 Å². The number of carbonyl (C=O) groups excluding carboxylic acids is 1. The zero-order valence-electron chi connectivity index (χ0n) is 17.4. The second-order valence-corrected chi connectivity index (χ2v) is 8.35. The lowest BCUT2D eigenvalue weighted by atomic mass is 10.2. The van der Waals surface area contributed by atoms with Crippen molar-refractivity contribution in [3.63, 3.8) is 0 Å². The van der Waals surface area contributed by atoms with E-state index in [1.165, 1.54) is 28.8 Å². The molecule has 0 fully saturated rings. The summed E-state index contributed by atoms with van der Waals surface area (Å²) in [6, 6.07) is 21.6. The summed E-state index contributed by atoms with van der Waals surface area (Å²) in [5.41, 5.74) is 1.24. The number of hydrogen-bond donors (Lipinski definition) is 1. The Morgan fingerprint density at radius 3 is 2.36 bits per heavy atom. The molecule has 0 spiro atoms. The molecule has 4 rings (SSSR count). The van der Waals surface area contributed by atoms with Crippen LogP contribution in [0.25, 0.3) is 16.6 Å². The summed E-state index contributed by atoms with van der Waals surface area (Å²) in [6.45, 7) is -1.23. The number of aromatic nitrogens is 2. The summed E-state index contributed by atoms with van der Waals surface area (Å²) in [7, 11) is 0. The number of alkyl halides is 2. The number of fused-ring (bicyclic) bond motifs is 1. The number of amides is 1. The fraction of sp³-hybridized carbons (Fsp3) is 0.125. The maximum atomic E-state index is 13.3. The minimum absolute atomic E-state index is 0.0274. The minimum Gasteiger partial charge on any atom is -0.435 e. The third-order valence-corrected chi connectivity index (χ3v) is 5.81. The van der Waals surface area contributed by atoms with Gasteiger partial charge in [-0.05, 0) is 55.5 Å². The number of carbonyl (C=O) groups is 1. The summed E-state index contributed by atoms with van der Waals surface area (Å²) in [5.74, 6) is -0.277. The second-order valence-electron chi connectivity index (χ2n) is 7.04. The van der Waals surface area contributed by atoms with Crippen molar-refractivity contribution in [1.29, 1.82) is 0 Å². The number of halogens is 2. The Bertz CT molecular complexity index is 1330. The van der Waals surface area contributed by atoms with E-state index >= 15 is 0 Å². The Kier molecular flexibility index (Phi) is 6.69. The van der Waals surface area contributed by atoms with Crippen molar-refractivity contribution in [3.8, 4) is 11.4 Å². The first-order chi connectivity index (χ1) is 15.9. The predicted molar refractivity (Wildman–Crippen MR) is 124 cm³/mol. The third-order valence-electron chi connectivity index (χ3n) is 4.76. The van der Waals surface area contributed by atoms with Crippen LogP contribution in [0.1, 0.15) is 6.92 Å². The molecule has 4 aromatic rings. The first-order valence-electron chi connectivity index (χ1n) is 10.0. The first kappa shape index (κ1) is 22.5. The maximum absolute atomic E-state index is 13.3.